The Morgan fingerprint density at radius 2 is 1.52 bits per heavy atom. The lowest BCUT2D eigenvalue weighted by molar-refractivity contribution is -0.146. The lowest BCUT2D eigenvalue weighted by atomic mass is 9.92. The average Bonchev–Trinajstić information content (AvgIpc) is 3.24. The summed E-state index contributed by atoms with van der Waals surface area (Å²) < 4.78 is 43.5. The summed E-state index contributed by atoms with van der Waals surface area (Å²) in [5, 5.41) is 0. The molecule has 40 heavy (non-hydrogen) atoms. The Labute approximate surface area is 241 Å². The van der Waals surface area contributed by atoms with Gasteiger partial charge in [0.05, 0.1) is 18.6 Å². The number of methoxy groups -OCH3 is 1. The average molecular weight is 574 g/mol. The molecule has 1 saturated heterocycles. The second-order valence-electron chi connectivity index (χ2n) is 10.6. The van der Waals surface area contributed by atoms with Gasteiger partial charge in [-0.25, -0.2) is 8.42 Å². The third-order valence-corrected chi connectivity index (χ3v) is 10.2. The maximum atomic E-state index is 14.3. The van der Waals surface area contributed by atoms with Gasteiger partial charge in [-0.05, 0) is 81.2 Å². The quantitative estimate of drug-likeness (QED) is 0.174. The minimum atomic E-state index is -4.10. The van der Waals surface area contributed by atoms with E-state index in [1.54, 1.807) is 19.1 Å². The Hall–Kier alpha value is -2.58. The molecular formula is C32H47NO6S. The van der Waals surface area contributed by atoms with Crippen LogP contribution in [-0.2, 0) is 25.8 Å². The van der Waals surface area contributed by atoms with Crippen molar-refractivity contribution in [1.82, 2.24) is 4.90 Å². The van der Waals surface area contributed by atoms with Crippen LogP contribution in [0.25, 0.3) is 0 Å². The van der Waals surface area contributed by atoms with E-state index in [2.05, 4.69) is 11.8 Å². The Kier molecular flexibility index (Phi) is 12.8. The maximum Gasteiger partial charge on any atom is 0.328 e. The summed E-state index contributed by atoms with van der Waals surface area (Å²) in [7, 11) is -2.57. The maximum absolute atomic E-state index is 14.3. The lowest BCUT2D eigenvalue weighted by Crippen LogP contribution is -2.49. The highest BCUT2D eigenvalue weighted by molar-refractivity contribution is 7.93. The highest BCUT2D eigenvalue weighted by Crippen LogP contribution is 2.37. The van der Waals surface area contributed by atoms with E-state index in [4.69, 9.17) is 14.2 Å². The summed E-state index contributed by atoms with van der Waals surface area (Å²) >= 11 is 0. The van der Waals surface area contributed by atoms with E-state index in [1.165, 1.54) is 44.9 Å². The smallest absolute Gasteiger partial charge is 0.328 e. The van der Waals surface area contributed by atoms with Gasteiger partial charge in [-0.15, -0.1) is 0 Å². The summed E-state index contributed by atoms with van der Waals surface area (Å²) in [5.74, 6) is 0.594. The molecule has 0 saturated carbocycles. The topological polar surface area (TPSA) is 82.1 Å². The number of sulfone groups is 1. The molecule has 1 aliphatic heterocycles. The molecule has 1 atom stereocenters. The van der Waals surface area contributed by atoms with Crippen molar-refractivity contribution < 1.29 is 27.4 Å². The van der Waals surface area contributed by atoms with Crippen LogP contribution in [0.4, 0.5) is 0 Å². The third kappa shape index (κ3) is 8.46. The summed E-state index contributed by atoms with van der Waals surface area (Å²) in [6, 6.07) is 13.7. The molecule has 8 heteroatoms. The van der Waals surface area contributed by atoms with Crippen molar-refractivity contribution in [2.45, 2.75) is 87.7 Å². The number of nitrogens with zero attached hydrogens (tertiary/aromatic N) is 1. The van der Waals surface area contributed by atoms with Gasteiger partial charge in [0.25, 0.3) is 0 Å². The normalized spacial score (nSPS) is 16.1. The van der Waals surface area contributed by atoms with Gasteiger partial charge in [0.15, 0.2) is 14.6 Å². The first-order valence-electron chi connectivity index (χ1n) is 14.9. The number of likely N-dealkylation sites (tertiary alicyclic amines) is 1. The van der Waals surface area contributed by atoms with Crippen LogP contribution in [0.1, 0.15) is 77.2 Å². The molecule has 1 heterocycles. The number of carbonyl (C=O) groups is 1. The lowest BCUT2D eigenvalue weighted by Gasteiger charge is -2.31. The molecule has 1 unspecified atom stereocenters. The Balaban J connectivity index is 1.84. The minimum absolute atomic E-state index is 0.0282. The molecule has 0 bridgehead atoms. The van der Waals surface area contributed by atoms with Gasteiger partial charge in [0.2, 0.25) is 0 Å². The largest absolute Gasteiger partial charge is 0.497 e. The van der Waals surface area contributed by atoms with Crippen LogP contribution in [0.15, 0.2) is 53.4 Å². The predicted molar refractivity (Wildman–Crippen MR) is 159 cm³/mol. The molecule has 0 amide bonds. The third-order valence-electron chi connectivity index (χ3n) is 7.75. The van der Waals surface area contributed by atoms with Crippen molar-refractivity contribution in [2.24, 2.45) is 0 Å². The van der Waals surface area contributed by atoms with Crippen LogP contribution in [0.2, 0.25) is 0 Å². The zero-order chi connectivity index (χ0) is 28.8. The van der Waals surface area contributed by atoms with E-state index < -0.39 is 20.6 Å². The van der Waals surface area contributed by atoms with Crippen molar-refractivity contribution in [3.63, 3.8) is 0 Å². The van der Waals surface area contributed by atoms with E-state index >= 15 is 0 Å². The van der Waals surface area contributed by atoms with Gasteiger partial charge in [-0.2, -0.15) is 0 Å². The molecular weight excluding hydrogens is 526 g/mol. The molecule has 2 aromatic carbocycles. The van der Waals surface area contributed by atoms with Crippen molar-refractivity contribution in [3.8, 4) is 11.5 Å². The summed E-state index contributed by atoms with van der Waals surface area (Å²) in [6.07, 6.45) is 8.76. The molecule has 0 radical (unpaired) electrons. The Morgan fingerprint density at radius 3 is 2.12 bits per heavy atom. The van der Waals surface area contributed by atoms with Crippen LogP contribution in [0, 0.1) is 0 Å². The number of rotatable bonds is 16. The highest BCUT2D eigenvalue weighted by Gasteiger charge is 2.52. The fraction of sp³-hybridized carbons (Fsp3) is 0.594. The second-order valence-corrected chi connectivity index (χ2v) is 12.9. The summed E-state index contributed by atoms with van der Waals surface area (Å²) in [6.45, 7) is 7.67. The van der Waals surface area contributed by atoms with E-state index in [-0.39, 0.29) is 24.3 Å². The number of carbonyl (C=O) groups excluding carboxylic acids is 1. The molecule has 7 nitrogen and oxygen atoms in total. The number of ether oxygens (including phenoxy) is 3. The minimum Gasteiger partial charge on any atom is -0.497 e. The first kappa shape index (κ1) is 31.9. The SMILES string of the molecule is CCCCCCC(Cc1ccc(OCCN2CCCCCC2)cc1)(C(=O)OCC)S(=O)(=O)c1ccc(OC)cc1. The van der Waals surface area contributed by atoms with Gasteiger partial charge in [0.1, 0.15) is 18.1 Å². The second kappa shape index (κ2) is 16.0. The van der Waals surface area contributed by atoms with Crippen LogP contribution in [-0.4, -0.2) is 64.0 Å². The molecule has 222 valence electrons. The molecule has 0 spiro atoms. The van der Waals surface area contributed by atoms with Gasteiger partial charge < -0.3 is 14.2 Å². The van der Waals surface area contributed by atoms with Crippen molar-refractivity contribution in [3.05, 3.63) is 54.1 Å². The molecule has 2 aromatic rings. The molecule has 0 aliphatic carbocycles. The number of unbranched alkanes of at least 4 members (excludes halogenated alkanes) is 3. The van der Waals surface area contributed by atoms with Gasteiger partial charge in [-0.3, -0.25) is 9.69 Å². The molecule has 0 N–H and O–H groups in total. The van der Waals surface area contributed by atoms with Crippen molar-refractivity contribution in [1.29, 1.82) is 0 Å². The van der Waals surface area contributed by atoms with Crippen LogP contribution < -0.4 is 9.47 Å². The number of benzene rings is 2. The number of esters is 1. The molecule has 1 fully saturated rings. The zero-order valence-corrected chi connectivity index (χ0v) is 25.3. The number of hydrogen-bond acceptors (Lipinski definition) is 7. The standard InChI is InChI=1S/C32H47NO6S/c1-4-6-7-10-21-32(31(34)38-5-2,40(35,36)30-19-17-28(37-3)18-20-30)26-27-13-15-29(16-14-27)39-25-24-33-22-11-8-9-12-23-33/h13-20H,4-12,21-26H2,1-3H3. The van der Waals surface area contributed by atoms with E-state index in [0.717, 1.165) is 50.2 Å². The highest BCUT2D eigenvalue weighted by atomic mass is 32.2. The number of hydrogen-bond donors (Lipinski definition) is 0. The van der Waals surface area contributed by atoms with E-state index in [0.29, 0.717) is 18.8 Å². The van der Waals surface area contributed by atoms with Gasteiger partial charge in [-0.1, -0.05) is 57.6 Å². The van der Waals surface area contributed by atoms with Gasteiger partial charge in [0, 0.05) is 13.0 Å². The predicted octanol–water partition coefficient (Wildman–Crippen LogP) is 6.24. The fourth-order valence-electron chi connectivity index (χ4n) is 5.37. The van der Waals surface area contributed by atoms with Crippen LogP contribution in [0.5, 0.6) is 11.5 Å². The first-order valence-corrected chi connectivity index (χ1v) is 16.3. The fourth-order valence-corrected chi connectivity index (χ4v) is 7.36. The van der Waals surface area contributed by atoms with Crippen molar-refractivity contribution in [2.75, 3.05) is 40.0 Å². The molecule has 1 aliphatic rings. The molecule has 3 rings (SSSR count). The van der Waals surface area contributed by atoms with Crippen LogP contribution >= 0.6 is 0 Å². The molecule has 0 aromatic heterocycles. The van der Waals surface area contributed by atoms with Crippen molar-refractivity contribution >= 4 is 15.8 Å². The monoisotopic (exact) mass is 573 g/mol. The van der Waals surface area contributed by atoms with Crippen LogP contribution in [0.3, 0.4) is 0 Å². The van der Waals surface area contributed by atoms with E-state index in [9.17, 15) is 13.2 Å². The summed E-state index contributed by atoms with van der Waals surface area (Å²) in [4.78, 5) is 16.1. The first-order chi connectivity index (χ1) is 19.4. The van der Waals surface area contributed by atoms with Gasteiger partial charge >= 0.3 is 5.97 Å². The van der Waals surface area contributed by atoms with E-state index in [1.807, 2.05) is 24.3 Å². The Bertz CT molecular complexity index is 1130. The Morgan fingerprint density at radius 1 is 0.875 bits per heavy atom. The zero-order valence-electron chi connectivity index (χ0n) is 24.5. The summed E-state index contributed by atoms with van der Waals surface area (Å²) in [5.41, 5.74) is 0.750.